The van der Waals surface area contributed by atoms with E-state index in [2.05, 4.69) is 0 Å². The van der Waals surface area contributed by atoms with Crippen molar-refractivity contribution in [2.45, 2.75) is 6.54 Å². The summed E-state index contributed by atoms with van der Waals surface area (Å²) in [5, 5.41) is 1.19. The van der Waals surface area contributed by atoms with E-state index in [9.17, 15) is 8.42 Å². The minimum atomic E-state index is -4.02. The van der Waals surface area contributed by atoms with Crippen LogP contribution in [0.3, 0.4) is 0 Å². The topological polar surface area (TPSA) is 66.8 Å². The molecule has 1 aromatic carbocycles. The SMILES string of the molecule is O=S(=O)(O)CN1Cc2ccccc2O1. The van der Waals surface area contributed by atoms with Gasteiger partial charge in [0.25, 0.3) is 10.1 Å². The zero-order chi connectivity index (χ0) is 10.2. The van der Waals surface area contributed by atoms with Crippen LogP contribution < -0.4 is 4.84 Å². The van der Waals surface area contributed by atoms with Crippen LogP contribution in [0.4, 0.5) is 0 Å². The van der Waals surface area contributed by atoms with Gasteiger partial charge in [-0.25, -0.2) is 0 Å². The van der Waals surface area contributed by atoms with Crippen molar-refractivity contribution >= 4 is 10.1 Å². The maximum absolute atomic E-state index is 10.6. The number of hydrogen-bond donors (Lipinski definition) is 1. The molecule has 14 heavy (non-hydrogen) atoms. The summed E-state index contributed by atoms with van der Waals surface area (Å²) >= 11 is 0. The van der Waals surface area contributed by atoms with Gasteiger partial charge in [-0.3, -0.25) is 4.55 Å². The van der Waals surface area contributed by atoms with Gasteiger partial charge in [-0.2, -0.15) is 8.42 Å². The average molecular weight is 215 g/mol. The normalized spacial score (nSPS) is 16.4. The monoisotopic (exact) mass is 215 g/mol. The molecule has 0 amide bonds. The van der Waals surface area contributed by atoms with E-state index in [0.29, 0.717) is 12.3 Å². The highest BCUT2D eigenvalue weighted by Gasteiger charge is 2.23. The van der Waals surface area contributed by atoms with Gasteiger partial charge in [0.2, 0.25) is 0 Å². The minimum Gasteiger partial charge on any atom is -0.404 e. The van der Waals surface area contributed by atoms with Gasteiger partial charge in [0.1, 0.15) is 0 Å². The molecule has 0 atom stereocenters. The molecule has 0 aromatic heterocycles. The fourth-order valence-corrected chi connectivity index (χ4v) is 1.85. The molecule has 1 N–H and O–H groups in total. The van der Waals surface area contributed by atoms with Crippen molar-refractivity contribution < 1.29 is 17.8 Å². The van der Waals surface area contributed by atoms with Crippen molar-refractivity contribution in [3.8, 4) is 5.75 Å². The van der Waals surface area contributed by atoms with E-state index in [1.807, 2.05) is 12.1 Å². The first kappa shape index (κ1) is 9.45. The smallest absolute Gasteiger partial charge is 0.281 e. The molecule has 1 aliphatic heterocycles. The summed E-state index contributed by atoms with van der Waals surface area (Å²) in [6, 6.07) is 7.24. The van der Waals surface area contributed by atoms with Crippen molar-refractivity contribution in [3.63, 3.8) is 0 Å². The number of benzene rings is 1. The highest BCUT2D eigenvalue weighted by molar-refractivity contribution is 7.85. The van der Waals surface area contributed by atoms with Gasteiger partial charge in [-0.15, -0.1) is 5.06 Å². The molecule has 0 radical (unpaired) electrons. The number of hydroxylamine groups is 2. The first-order valence-corrected chi connectivity index (χ1v) is 5.61. The van der Waals surface area contributed by atoms with Gasteiger partial charge >= 0.3 is 0 Å². The lowest BCUT2D eigenvalue weighted by molar-refractivity contribution is -0.0247. The molecule has 0 saturated heterocycles. The quantitative estimate of drug-likeness (QED) is 0.733. The molecule has 0 saturated carbocycles. The Bertz CT molecular complexity index is 417. The first-order valence-electron chi connectivity index (χ1n) is 4.00. The molecular weight excluding hydrogens is 206 g/mol. The molecule has 0 spiro atoms. The lowest BCUT2D eigenvalue weighted by Crippen LogP contribution is -2.27. The van der Waals surface area contributed by atoms with Crippen LogP contribution in [0.2, 0.25) is 0 Å². The lowest BCUT2D eigenvalue weighted by atomic mass is 10.2. The fourth-order valence-electron chi connectivity index (χ4n) is 1.34. The molecule has 0 bridgehead atoms. The highest BCUT2D eigenvalue weighted by atomic mass is 32.2. The minimum absolute atomic E-state index is 0.371. The van der Waals surface area contributed by atoms with Crippen molar-refractivity contribution in [2.24, 2.45) is 0 Å². The van der Waals surface area contributed by atoms with Crippen LogP contribution in [-0.4, -0.2) is 23.9 Å². The van der Waals surface area contributed by atoms with Crippen LogP contribution in [-0.2, 0) is 16.7 Å². The number of para-hydroxylation sites is 1. The Morgan fingerprint density at radius 3 is 2.79 bits per heavy atom. The molecular formula is C8H9NO4S. The largest absolute Gasteiger partial charge is 0.404 e. The maximum atomic E-state index is 10.6. The third kappa shape index (κ3) is 2.03. The summed E-state index contributed by atoms with van der Waals surface area (Å²) in [7, 11) is -4.02. The highest BCUT2D eigenvalue weighted by Crippen LogP contribution is 2.27. The van der Waals surface area contributed by atoms with Gasteiger partial charge in [0.15, 0.2) is 11.6 Å². The Hall–Kier alpha value is -1.11. The third-order valence-electron chi connectivity index (χ3n) is 1.85. The van der Waals surface area contributed by atoms with E-state index in [4.69, 9.17) is 9.39 Å². The lowest BCUT2D eigenvalue weighted by Gasteiger charge is -2.11. The standard InChI is InChI=1S/C8H9NO4S/c10-14(11,12)6-9-5-7-3-1-2-4-8(7)13-9/h1-4H,5-6H2,(H,10,11,12). The second-order valence-corrected chi connectivity index (χ2v) is 4.47. The van der Waals surface area contributed by atoms with Crippen LogP contribution in [0.1, 0.15) is 5.56 Å². The zero-order valence-electron chi connectivity index (χ0n) is 7.25. The zero-order valence-corrected chi connectivity index (χ0v) is 8.07. The molecule has 76 valence electrons. The number of fused-ring (bicyclic) bond motifs is 1. The Labute approximate surface area is 81.6 Å². The van der Waals surface area contributed by atoms with Crippen LogP contribution in [0, 0.1) is 0 Å². The average Bonchev–Trinajstić information content (AvgIpc) is 2.42. The molecule has 2 rings (SSSR count). The summed E-state index contributed by atoms with van der Waals surface area (Å²) in [6.45, 7) is 0.371. The molecule has 0 unspecified atom stereocenters. The summed E-state index contributed by atoms with van der Waals surface area (Å²) in [5.41, 5.74) is 0.913. The van der Waals surface area contributed by atoms with Gasteiger partial charge in [-0.1, -0.05) is 18.2 Å². The first-order chi connectivity index (χ1) is 6.54. The Morgan fingerprint density at radius 1 is 1.43 bits per heavy atom. The van der Waals surface area contributed by atoms with Crippen LogP contribution in [0.15, 0.2) is 24.3 Å². The predicted molar refractivity (Wildman–Crippen MR) is 49.0 cm³/mol. The van der Waals surface area contributed by atoms with Gasteiger partial charge in [0.05, 0.1) is 6.54 Å². The summed E-state index contributed by atoms with van der Waals surface area (Å²) in [6.07, 6.45) is 0. The van der Waals surface area contributed by atoms with E-state index in [-0.39, 0.29) is 0 Å². The fraction of sp³-hybridized carbons (Fsp3) is 0.250. The van der Waals surface area contributed by atoms with E-state index in [1.165, 1.54) is 5.06 Å². The Balaban J connectivity index is 2.13. The van der Waals surface area contributed by atoms with Crippen LogP contribution in [0.5, 0.6) is 5.75 Å². The van der Waals surface area contributed by atoms with Gasteiger partial charge in [0, 0.05) is 5.56 Å². The van der Waals surface area contributed by atoms with Crippen molar-refractivity contribution in [3.05, 3.63) is 29.8 Å². The molecule has 5 nitrogen and oxygen atoms in total. The third-order valence-corrected chi connectivity index (χ3v) is 2.47. The number of nitrogens with zero attached hydrogens (tertiary/aromatic N) is 1. The van der Waals surface area contributed by atoms with Crippen molar-refractivity contribution in [2.75, 3.05) is 5.88 Å². The summed E-state index contributed by atoms with van der Waals surface area (Å²) in [5.74, 6) is 0.123. The molecule has 0 fully saturated rings. The van der Waals surface area contributed by atoms with E-state index >= 15 is 0 Å². The molecule has 1 aliphatic rings. The molecule has 6 heteroatoms. The van der Waals surface area contributed by atoms with Gasteiger partial charge in [-0.05, 0) is 6.07 Å². The predicted octanol–water partition coefficient (Wildman–Crippen LogP) is 0.641. The molecule has 1 aromatic rings. The Morgan fingerprint density at radius 2 is 2.14 bits per heavy atom. The van der Waals surface area contributed by atoms with Crippen LogP contribution in [0.25, 0.3) is 0 Å². The maximum Gasteiger partial charge on any atom is 0.281 e. The van der Waals surface area contributed by atoms with E-state index < -0.39 is 16.0 Å². The second kappa shape index (κ2) is 3.23. The number of rotatable bonds is 2. The van der Waals surface area contributed by atoms with E-state index in [0.717, 1.165) is 5.56 Å². The summed E-state index contributed by atoms with van der Waals surface area (Å²) in [4.78, 5) is 5.18. The van der Waals surface area contributed by atoms with Crippen molar-refractivity contribution in [1.82, 2.24) is 5.06 Å². The summed E-state index contributed by atoms with van der Waals surface area (Å²) < 4.78 is 29.8. The number of hydrogen-bond acceptors (Lipinski definition) is 4. The van der Waals surface area contributed by atoms with Gasteiger partial charge < -0.3 is 4.84 Å². The second-order valence-electron chi connectivity index (χ2n) is 3.05. The van der Waals surface area contributed by atoms with Crippen molar-refractivity contribution in [1.29, 1.82) is 0 Å². The van der Waals surface area contributed by atoms with E-state index in [1.54, 1.807) is 12.1 Å². The molecule has 1 heterocycles. The Kier molecular flexibility index (Phi) is 2.18. The molecule has 0 aliphatic carbocycles. The van der Waals surface area contributed by atoms with Crippen LogP contribution >= 0.6 is 0 Å².